The Hall–Kier alpha value is -3.30. The highest BCUT2D eigenvalue weighted by molar-refractivity contribution is 7.89. The van der Waals surface area contributed by atoms with Crippen molar-refractivity contribution in [2.75, 3.05) is 0 Å². The molecule has 28 heavy (non-hydrogen) atoms. The number of hydrogen-bond donors (Lipinski definition) is 2. The average molecular weight is 401 g/mol. The van der Waals surface area contributed by atoms with Gasteiger partial charge in [-0.1, -0.05) is 24.3 Å². The molecule has 0 saturated heterocycles. The van der Waals surface area contributed by atoms with Gasteiger partial charge in [-0.15, -0.1) is 0 Å². The number of fused-ring (bicyclic) bond motifs is 1. The Morgan fingerprint density at radius 3 is 2.54 bits per heavy atom. The Kier molecular flexibility index (Phi) is 4.33. The molecule has 4 rings (SSSR count). The molecular weight excluding hydrogens is 388 g/mol. The monoisotopic (exact) mass is 401 g/mol. The van der Waals surface area contributed by atoms with E-state index in [1.54, 1.807) is 36.4 Å². The number of aromatic amines is 1. The molecule has 6 nitrogen and oxygen atoms in total. The van der Waals surface area contributed by atoms with Crippen LogP contribution in [-0.2, 0) is 10.0 Å². The number of primary sulfonamides is 1. The third-order valence-corrected chi connectivity index (χ3v) is 5.04. The second kappa shape index (κ2) is 6.70. The summed E-state index contributed by atoms with van der Waals surface area (Å²) in [6, 6.07) is 14.3. The Labute approximate surface area is 158 Å². The molecule has 3 aromatic carbocycles. The molecule has 9 heteroatoms. The summed E-state index contributed by atoms with van der Waals surface area (Å²) in [5, 5.41) is 5.29. The van der Waals surface area contributed by atoms with Crippen molar-refractivity contribution in [1.82, 2.24) is 9.97 Å². The van der Waals surface area contributed by atoms with Crippen molar-refractivity contribution in [2.24, 2.45) is 5.14 Å². The second-order valence-corrected chi connectivity index (χ2v) is 7.52. The van der Waals surface area contributed by atoms with E-state index in [1.807, 2.05) is 0 Å². The Morgan fingerprint density at radius 2 is 1.79 bits per heavy atom. The molecule has 0 aliphatic carbocycles. The largest absolute Gasteiger partial charge is 0.422 e. The molecule has 0 spiro atoms. The summed E-state index contributed by atoms with van der Waals surface area (Å²) in [5.41, 5.74) is 2.08. The molecule has 0 radical (unpaired) electrons. The van der Waals surface area contributed by atoms with E-state index in [9.17, 15) is 17.2 Å². The topological polar surface area (TPSA) is 98.1 Å². The lowest BCUT2D eigenvalue weighted by molar-refractivity contribution is 0.413. The number of sulfonamides is 1. The van der Waals surface area contributed by atoms with E-state index < -0.39 is 21.7 Å². The molecule has 1 aromatic heterocycles. The molecule has 0 aliphatic rings. The summed E-state index contributed by atoms with van der Waals surface area (Å²) in [5.74, 6) is -1.75. The highest BCUT2D eigenvalue weighted by Crippen LogP contribution is 2.30. The first kappa shape index (κ1) is 18.1. The smallest absolute Gasteiger partial charge is 0.300 e. The Bertz CT molecular complexity index is 1300. The predicted molar refractivity (Wildman–Crippen MR) is 99.3 cm³/mol. The van der Waals surface area contributed by atoms with Crippen LogP contribution in [0.4, 0.5) is 8.78 Å². The van der Waals surface area contributed by atoms with E-state index in [0.717, 1.165) is 12.1 Å². The zero-order chi connectivity index (χ0) is 19.9. The van der Waals surface area contributed by atoms with Crippen LogP contribution in [0.15, 0.2) is 65.6 Å². The van der Waals surface area contributed by atoms with Crippen LogP contribution in [0, 0.1) is 11.6 Å². The first-order valence-corrected chi connectivity index (χ1v) is 9.61. The van der Waals surface area contributed by atoms with Crippen molar-refractivity contribution in [2.45, 2.75) is 4.90 Å². The van der Waals surface area contributed by atoms with Crippen molar-refractivity contribution in [3.63, 3.8) is 0 Å². The predicted octanol–water partition coefficient (Wildman–Crippen LogP) is 3.95. The molecule has 3 N–H and O–H groups in total. The molecule has 0 aliphatic heterocycles. The highest BCUT2D eigenvalue weighted by Gasteiger charge is 2.16. The minimum Gasteiger partial charge on any atom is -0.422 e. The number of aromatic nitrogens is 2. The minimum atomic E-state index is -3.90. The summed E-state index contributed by atoms with van der Waals surface area (Å²) in [6.45, 7) is 0. The van der Waals surface area contributed by atoms with Crippen LogP contribution in [0.1, 0.15) is 0 Å². The van der Waals surface area contributed by atoms with Gasteiger partial charge in [0.05, 0.1) is 15.9 Å². The number of nitrogens with zero attached hydrogens (tertiary/aromatic N) is 1. The molecule has 4 aromatic rings. The number of benzene rings is 3. The Morgan fingerprint density at radius 1 is 1.00 bits per heavy atom. The van der Waals surface area contributed by atoms with E-state index in [0.29, 0.717) is 28.2 Å². The summed E-state index contributed by atoms with van der Waals surface area (Å²) < 4.78 is 55.8. The minimum absolute atomic E-state index is 0.00487. The maximum Gasteiger partial charge on any atom is 0.300 e. The zero-order valence-electron chi connectivity index (χ0n) is 14.2. The van der Waals surface area contributed by atoms with Gasteiger partial charge in [-0.2, -0.15) is 4.98 Å². The van der Waals surface area contributed by atoms with Gasteiger partial charge >= 0.3 is 0 Å². The number of nitrogens with one attached hydrogen (secondary N) is 1. The maximum absolute atomic E-state index is 13.8. The van der Waals surface area contributed by atoms with Crippen molar-refractivity contribution >= 4 is 21.1 Å². The van der Waals surface area contributed by atoms with Gasteiger partial charge in [0.25, 0.3) is 6.01 Å². The SMILES string of the molecule is NS(=O)(=O)c1ccccc1-c1ccc2[nH]c(Oc3ccc(F)cc3F)nc2c1. The molecule has 0 amide bonds. The third kappa shape index (κ3) is 3.45. The van der Waals surface area contributed by atoms with Gasteiger partial charge in [-0.25, -0.2) is 22.3 Å². The van der Waals surface area contributed by atoms with Crippen molar-refractivity contribution in [3.05, 3.63) is 72.3 Å². The van der Waals surface area contributed by atoms with Crippen LogP contribution in [0.5, 0.6) is 11.8 Å². The van der Waals surface area contributed by atoms with E-state index in [4.69, 9.17) is 9.88 Å². The van der Waals surface area contributed by atoms with Crippen LogP contribution >= 0.6 is 0 Å². The average Bonchev–Trinajstić information content (AvgIpc) is 3.05. The molecule has 142 valence electrons. The lowest BCUT2D eigenvalue weighted by atomic mass is 10.1. The quantitative estimate of drug-likeness (QED) is 0.541. The fourth-order valence-corrected chi connectivity index (χ4v) is 3.57. The van der Waals surface area contributed by atoms with Gasteiger partial charge < -0.3 is 9.72 Å². The van der Waals surface area contributed by atoms with Crippen molar-refractivity contribution < 1.29 is 21.9 Å². The lowest BCUT2D eigenvalue weighted by Gasteiger charge is -2.07. The van der Waals surface area contributed by atoms with Crippen molar-refractivity contribution in [1.29, 1.82) is 0 Å². The number of nitrogens with two attached hydrogens (primary N) is 1. The van der Waals surface area contributed by atoms with Gasteiger partial charge in [-0.05, 0) is 35.9 Å². The number of ether oxygens (including phenoxy) is 1. The number of rotatable bonds is 4. The molecule has 1 heterocycles. The summed E-state index contributed by atoms with van der Waals surface area (Å²) in [7, 11) is -3.90. The fraction of sp³-hybridized carbons (Fsp3) is 0. The van der Waals surface area contributed by atoms with Gasteiger partial charge in [0.2, 0.25) is 10.0 Å². The van der Waals surface area contributed by atoms with E-state index in [-0.39, 0.29) is 16.7 Å². The molecule has 0 saturated carbocycles. The third-order valence-electron chi connectivity index (χ3n) is 4.07. The molecule has 0 unspecified atom stereocenters. The van der Waals surface area contributed by atoms with E-state index in [2.05, 4.69) is 9.97 Å². The van der Waals surface area contributed by atoms with Gasteiger partial charge in [0.1, 0.15) is 5.82 Å². The maximum atomic E-state index is 13.8. The van der Waals surface area contributed by atoms with Gasteiger partial charge in [-0.3, -0.25) is 0 Å². The number of H-pyrrole nitrogens is 1. The first-order valence-electron chi connectivity index (χ1n) is 8.06. The molecule has 0 bridgehead atoms. The summed E-state index contributed by atoms with van der Waals surface area (Å²) in [4.78, 5) is 7.10. The van der Waals surface area contributed by atoms with Crippen LogP contribution in [-0.4, -0.2) is 18.4 Å². The number of imidazole rings is 1. The van der Waals surface area contributed by atoms with E-state index >= 15 is 0 Å². The van der Waals surface area contributed by atoms with Crippen LogP contribution < -0.4 is 9.88 Å². The lowest BCUT2D eigenvalue weighted by Crippen LogP contribution is -2.13. The molecular formula is C19H13F2N3O3S. The van der Waals surface area contributed by atoms with Crippen LogP contribution in [0.25, 0.3) is 22.2 Å². The highest BCUT2D eigenvalue weighted by atomic mass is 32.2. The van der Waals surface area contributed by atoms with Crippen LogP contribution in [0.2, 0.25) is 0 Å². The standard InChI is InChI=1S/C19H13F2N3O3S/c20-12-6-8-17(14(21)10-12)27-19-23-15-7-5-11(9-16(15)24-19)13-3-1-2-4-18(13)28(22,25)26/h1-10H,(H,23,24)(H2,22,25,26). The van der Waals surface area contributed by atoms with E-state index in [1.165, 1.54) is 6.07 Å². The summed E-state index contributed by atoms with van der Waals surface area (Å²) in [6.07, 6.45) is 0. The number of halogens is 2. The van der Waals surface area contributed by atoms with Gasteiger partial charge in [0, 0.05) is 11.6 Å². The zero-order valence-corrected chi connectivity index (χ0v) is 15.0. The first-order chi connectivity index (χ1) is 13.3. The molecule has 0 atom stereocenters. The van der Waals surface area contributed by atoms with Crippen molar-refractivity contribution in [3.8, 4) is 22.9 Å². The summed E-state index contributed by atoms with van der Waals surface area (Å²) >= 11 is 0. The molecule has 0 fully saturated rings. The number of hydrogen-bond acceptors (Lipinski definition) is 4. The second-order valence-electron chi connectivity index (χ2n) is 5.99. The fourth-order valence-electron chi connectivity index (χ4n) is 2.81. The van der Waals surface area contributed by atoms with Gasteiger partial charge in [0.15, 0.2) is 11.6 Å². The Balaban J connectivity index is 1.74. The van der Waals surface area contributed by atoms with Crippen LogP contribution in [0.3, 0.4) is 0 Å². The normalized spacial score (nSPS) is 11.7.